The van der Waals surface area contributed by atoms with E-state index in [0.29, 0.717) is 22.9 Å². The second-order valence-corrected chi connectivity index (χ2v) is 10.2. The zero-order valence-corrected chi connectivity index (χ0v) is 22.5. The van der Waals surface area contributed by atoms with Gasteiger partial charge in [-0.15, -0.1) is 0 Å². The Morgan fingerprint density at radius 3 is 2.43 bits per heavy atom. The van der Waals surface area contributed by atoms with Gasteiger partial charge in [0.1, 0.15) is 12.3 Å². The highest BCUT2D eigenvalue weighted by atomic mass is 127. The minimum atomic E-state index is -0.471. The lowest BCUT2D eigenvalue weighted by Gasteiger charge is -2.12. The van der Waals surface area contributed by atoms with Crippen LogP contribution in [0.3, 0.4) is 0 Å². The number of benzene rings is 2. The second-order valence-electron chi connectivity index (χ2n) is 7.91. The number of nitrogens with zero attached hydrogens (tertiary/aromatic N) is 2. The number of ether oxygens (including phenoxy) is 1. The van der Waals surface area contributed by atoms with Gasteiger partial charge in [-0.3, -0.25) is 19.3 Å². The first-order chi connectivity index (χ1) is 16.8. The van der Waals surface area contributed by atoms with Gasteiger partial charge in [0.25, 0.3) is 11.1 Å². The van der Waals surface area contributed by atoms with Crippen LogP contribution >= 0.6 is 34.4 Å². The summed E-state index contributed by atoms with van der Waals surface area (Å²) < 4.78 is 8.64. The van der Waals surface area contributed by atoms with Gasteiger partial charge in [-0.1, -0.05) is 0 Å². The molecule has 1 fully saturated rings. The summed E-state index contributed by atoms with van der Waals surface area (Å²) in [4.78, 5) is 39.2. The van der Waals surface area contributed by atoms with Crippen molar-refractivity contribution < 1.29 is 19.1 Å². The molecule has 0 atom stereocenters. The standard InChI is InChI=1S/C26H24IN3O4S/c1-4-34-22-11-7-20(8-12-22)28-24(31)15-29-25(32)23(35-26(29)33)14-18-13-16(2)30(17(18)3)21-9-5-19(27)6-10-21/h5-14H,4,15H2,1-3H3,(H,28,31)/b23-14-. The van der Waals surface area contributed by atoms with Gasteiger partial charge in [-0.2, -0.15) is 0 Å². The molecular weight excluding hydrogens is 577 g/mol. The van der Waals surface area contributed by atoms with Gasteiger partial charge < -0.3 is 14.6 Å². The summed E-state index contributed by atoms with van der Waals surface area (Å²) in [6.07, 6.45) is 1.72. The first-order valence-corrected chi connectivity index (χ1v) is 12.9. The number of amides is 3. The van der Waals surface area contributed by atoms with Crippen LogP contribution in [-0.4, -0.2) is 39.7 Å². The summed E-state index contributed by atoms with van der Waals surface area (Å²) >= 11 is 3.11. The molecule has 4 rings (SSSR count). The highest BCUT2D eigenvalue weighted by Gasteiger charge is 2.36. The number of thioether (sulfide) groups is 1. The lowest BCUT2D eigenvalue weighted by molar-refractivity contribution is -0.127. The minimum absolute atomic E-state index is 0.298. The Labute approximate surface area is 221 Å². The maximum atomic E-state index is 12.9. The number of halogens is 1. The molecule has 3 amide bonds. The molecule has 0 spiro atoms. The van der Waals surface area contributed by atoms with E-state index >= 15 is 0 Å². The third kappa shape index (κ3) is 5.62. The van der Waals surface area contributed by atoms with Crippen LogP contribution in [-0.2, 0) is 9.59 Å². The fourth-order valence-corrected chi connectivity index (χ4v) is 5.03. The largest absolute Gasteiger partial charge is 0.494 e. The molecule has 1 aromatic heterocycles. The van der Waals surface area contributed by atoms with Gasteiger partial charge in [-0.05, 0) is 121 Å². The van der Waals surface area contributed by atoms with E-state index in [0.717, 1.165) is 42.9 Å². The first-order valence-electron chi connectivity index (χ1n) is 11.0. The van der Waals surface area contributed by atoms with Crippen molar-refractivity contribution in [2.75, 3.05) is 18.5 Å². The number of hydrogen-bond donors (Lipinski definition) is 1. The number of hydrogen-bond acceptors (Lipinski definition) is 5. The summed E-state index contributed by atoms with van der Waals surface area (Å²) in [6, 6.07) is 17.1. The molecule has 1 saturated heterocycles. The Bertz CT molecular complexity index is 1310. The number of aromatic nitrogens is 1. The van der Waals surface area contributed by atoms with Crippen LogP contribution in [0, 0.1) is 17.4 Å². The molecule has 1 aliphatic rings. The summed E-state index contributed by atoms with van der Waals surface area (Å²) in [6.45, 7) is 6.07. The molecule has 3 aromatic rings. The van der Waals surface area contributed by atoms with Crippen LogP contribution in [0.4, 0.5) is 10.5 Å². The van der Waals surface area contributed by atoms with E-state index in [9.17, 15) is 14.4 Å². The molecule has 7 nitrogen and oxygen atoms in total. The van der Waals surface area contributed by atoms with Crippen LogP contribution in [0.1, 0.15) is 23.9 Å². The van der Waals surface area contributed by atoms with Crippen molar-refractivity contribution in [3.8, 4) is 11.4 Å². The van der Waals surface area contributed by atoms with Crippen LogP contribution in [0.25, 0.3) is 11.8 Å². The number of anilines is 1. The predicted octanol–water partition coefficient (Wildman–Crippen LogP) is 5.77. The molecule has 180 valence electrons. The second kappa shape index (κ2) is 10.7. The quantitative estimate of drug-likeness (QED) is 0.275. The third-order valence-electron chi connectivity index (χ3n) is 5.47. The maximum Gasteiger partial charge on any atom is 0.294 e. The van der Waals surface area contributed by atoms with Crippen molar-refractivity contribution in [3.63, 3.8) is 0 Å². The lowest BCUT2D eigenvalue weighted by atomic mass is 10.2. The summed E-state index contributed by atoms with van der Waals surface area (Å²) in [5.74, 6) is -0.224. The zero-order chi connectivity index (χ0) is 25.1. The number of imide groups is 1. The van der Waals surface area contributed by atoms with Crippen molar-refractivity contribution in [3.05, 3.63) is 80.0 Å². The Hall–Kier alpha value is -3.05. The summed E-state index contributed by atoms with van der Waals surface area (Å²) in [7, 11) is 0. The molecule has 35 heavy (non-hydrogen) atoms. The van der Waals surface area contributed by atoms with Crippen LogP contribution in [0.15, 0.2) is 59.5 Å². The number of carbonyl (C=O) groups excluding carboxylic acids is 3. The van der Waals surface area contributed by atoms with Crippen LogP contribution < -0.4 is 10.1 Å². The predicted molar refractivity (Wildman–Crippen MR) is 147 cm³/mol. The highest BCUT2D eigenvalue weighted by molar-refractivity contribution is 14.1. The first kappa shape index (κ1) is 25.1. The van der Waals surface area contributed by atoms with Crippen molar-refractivity contribution in [1.29, 1.82) is 0 Å². The van der Waals surface area contributed by atoms with Crippen LogP contribution in [0.2, 0.25) is 0 Å². The number of nitrogens with one attached hydrogen (secondary N) is 1. The molecular formula is C26H24IN3O4S. The topological polar surface area (TPSA) is 80.6 Å². The lowest BCUT2D eigenvalue weighted by Crippen LogP contribution is -2.36. The van der Waals surface area contributed by atoms with Gasteiger partial charge in [-0.25, -0.2) is 0 Å². The number of rotatable bonds is 7. The molecule has 0 bridgehead atoms. The van der Waals surface area contributed by atoms with E-state index in [1.54, 1.807) is 30.3 Å². The zero-order valence-electron chi connectivity index (χ0n) is 19.5. The molecule has 2 aromatic carbocycles. The van der Waals surface area contributed by atoms with Gasteiger partial charge >= 0.3 is 0 Å². The van der Waals surface area contributed by atoms with Gasteiger partial charge in [0.05, 0.1) is 11.5 Å². The van der Waals surface area contributed by atoms with Crippen molar-refractivity contribution in [2.24, 2.45) is 0 Å². The Morgan fingerprint density at radius 2 is 1.77 bits per heavy atom. The molecule has 2 heterocycles. The Morgan fingerprint density at radius 1 is 1.09 bits per heavy atom. The molecule has 0 saturated carbocycles. The average molecular weight is 601 g/mol. The minimum Gasteiger partial charge on any atom is -0.494 e. The Kier molecular flexibility index (Phi) is 7.66. The van der Waals surface area contributed by atoms with Crippen molar-refractivity contribution in [1.82, 2.24) is 9.47 Å². The highest BCUT2D eigenvalue weighted by Crippen LogP contribution is 2.33. The molecule has 0 aliphatic carbocycles. The average Bonchev–Trinajstić information content (AvgIpc) is 3.25. The van der Waals surface area contributed by atoms with E-state index in [1.165, 1.54) is 0 Å². The fraction of sp³-hybridized carbons (Fsp3) is 0.192. The van der Waals surface area contributed by atoms with Gasteiger partial charge in [0.15, 0.2) is 0 Å². The third-order valence-corrected chi connectivity index (χ3v) is 7.09. The molecule has 0 unspecified atom stereocenters. The fourth-order valence-electron chi connectivity index (χ4n) is 3.84. The summed E-state index contributed by atoms with van der Waals surface area (Å²) in [5, 5.41) is 2.25. The molecule has 0 radical (unpaired) electrons. The molecule has 1 aliphatic heterocycles. The van der Waals surface area contributed by atoms with Gasteiger partial charge in [0.2, 0.25) is 5.91 Å². The van der Waals surface area contributed by atoms with Crippen molar-refractivity contribution in [2.45, 2.75) is 20.8 Å². The normalized spacial score (nSPS) is 14.6. The maximum absolute atomic E-state index is 12.9. The number of carbonyl (C=O) groups is 3. The van der Waals surface area contributed by atoms with Crippen LogP contribution in [0.5, 0.6) is 5.75 Å². The number of aryl methyl sites for hydroxylation is 1. The van der Waals surface area contributed by atoms with Crippen molar-refractivity contribution >= 4 is 63.2 Å². The van der Waals surface area contributed by atoms with E-state index in [4.69, 9.17) is 4.74 Å². The van der Waals surface area contributed by atoms with E-state index in [2.05, 4.69) is 32.5 Å². The molecule has 1 N–H and O–H groups in total. The molecule has 9 heteroatoms. The SMILES string of the molecule is CCOc1ccc(NC(=O)CN2C(=O)S/C(=C\c3cc(C)n(-c4ccc(I)cc4)c3C)C2=O)cc1. The summed E-state index contributed by atoms with van der Waals surface area (Å²) in [5.41, 5.74) is 4.42. The van der Waals surface area contributed by atoms with E-state index in [-0.39, 0.29) is 6.54 Å². The Balaban J connectivity index is 1.47. The van der Waals surface area contributed by atoms with Gasteiger partial charge in [0, 0.05) is 26.3 Å². The monoisotopic (exact) mass is 601 g/mol. The van der Waals surface area contributed by atoms with E-state index in [1.807, 2.05) is 51.1 Å². The van der Waals surface area contributed by atoms with E-state index < -0.39 is 17.1 Å². The smallest absolute Gasteiger partial charge is 0.294 e.